The second-order valence-corrected chi connectivity index (χ2v) is 18.5. The minimum absolute atomic E-state index is 0.0774. The van der Waals surface area contributed by atoms with Gasteiger partial charge >= 0.3 is 17.9 Å². The summed E-state index contributed by atoms with van der Waals surface area (Å²) in [5.41, 5.74) is 0. The molecule has 1 atom stereocenters. The third-order valence-corrected chi connectivity index (χ3v) is 12.1. The van der Waals surface area contributed by atoms with Crippen LogP contribution in [0.4, 0.5) is 0 Å². The van der Waals surface area contributed by atoms with E-state index in [-0.39, 0.29) is 31.1 Å². The molecule has 0 bridgehead atoms. The van der Waals surface area contributed by atoms with Crippen molar-refractivity contribution in [2.75, 3.05) is 13.2 Å². The van der Waals surface area contributed by atoms with Crippen LogP contribution in [0.5, 0.6) is 0 Å². The Hall–Kier alpha value is -2.63. The fraction of sp³-hybridized carbons (Fsp3) is 0.810. The van der Waals surface area contributed by atoms with Crippen molar-refractivity contribution in [2.24, 2.45) is 0 Å². The molecule has 0 radical (unpaired) electrons. The molecule has 0 aromatic heterocycles. The highest BCUT2D eigenvalue weighted by Crippen LogP contribution is 2.15. The van der Waals surface area contributed by atoms with E-state index >= 15 is 0 Å². The van der Waals surface area contributed by atoms with Gasteiger partial charge in [0.15, 0.2) is 6.10 Å². The number of carbonyl (C=O) groups is 3. The minimum Gasteiger partial charge on any atom is -0.462 e. The molecule has 1 unspecified atom stereocenters. The lowest BCUT2D eigenvalue weighted by atomic mass is 10.1. The van der Waals surface area contributed by atoms with Gasteiger partial charge in [-0.3, -0.25) is 14.4 Å². The number of unbranched alkanes of at least 4 members (excludes halogenated alkanes) is 31. The second kappa shape index (κ2) is 53.0. The predicted octanol–water partition coefficient (Wildman–Crippen LogP) is 18.3. The van der Waals surface area contributed by atoms with Crippen LogP contribution in [0, 0.1) is 0 Å². The molecule has 0 N–H and O–H groups in total. The van der Waals surface area contributed by atoms with Crippen molar-refractivity contribution in [3.63, 3.8) is 0 Å². The van der Waals surface area contributed by atoms with E-state index in [0.717, 1.165) is 77.0 Å². The van der Waals surface area contributed by atoms with Gasteiger partial charge < -0.3 is 14.2 Å². The van der Waals surface area contributed by atoms with Crippen LogP contribution in [-0.4, -0.2) is 37.2 Å². The normalized spacial score (nSPS) is 12.4. The van der Waals surface area contributed by atoms with Gasteiger partial charge in [-0.15, -0.1) is 0 Å². The molecule has 372 valence electrons. The summed E-state index contributed by atoms with van der Waals surface area (Å²) < 4.78 is 16.7. The number of allylic oxidation sites excluding steroid dienone is 8. The highest BCUT2D eigenvalue weighted by molar-refractivity contribution is 5.71. The van der Waals surface area contributed by atoms with Crippen molar-refractivity contribution in [3.8, 4) is 0 Å². The highest BCUT2D eigenvalue weighted by Gasteiger charge is 2.19. The quantitative estimate of drug-likeness (QED) is 0.0262. The summed E-state index contributed by atoms with van der Waals surface area (Å²) in [4.78, 5) is 37.8. The molecule has 0 heterocycles. The molecular formula is C58H104O6. The van der Waals surface area contributed by atoms with Gasteiger partial charge in [0, 0.05) is 19.3 Å². The first-order chi connectivity index (χ1) is 31.5. The van der Waals surface area contributed by atoms with Gasteiger partial charge in [-0.05, 0) is 83.5 Å². The zero-order valence-corrected chi connectivity index (χ0v) is 42.6. The third kappa shape index (κ3) is 50.4. The molecule has 0 aromatic carbocycles. The standard InChI is InChI=1S/C58H104O6/c1-4-7-10-13-16-18-20-22-24-26-28-29-31-32-34-36-38-40-42-45-48-51-57(60)63-54-55(53-62-56(59)50-47-44-15-12-9-6-3)64-58(61)52-49-46-43-41-39-37-35-33-30-27-25-23-21-19-17-14-11-8-5-2/h20,22-23,25-26,28,31-32,55H,4-19,21,24,27,29-30,33-54H2,1-3H3/b22-20-,25-23-,28-26-,32-31-. The molecule has 0 saturated carbocycles. The first-order valence-corrected chi connectivity index (χ1v) is 27.6. The van der Waals surface area contributed by atoms with E-state index in [1.807, 2.05) is 0 Å². The Balaban J connectivity index is 4.19. The van der Waals surface area contributed by atoms with Crippen LogP contribution < -0.4 is 0 Å². The van der Waals surface area contributed by atoms with E-state index in [0.29, 0.717) is 19.3 Å². The Morgan fingerprint density at radius 2 is 0.562 bits per heavy atom. The van der Waals surface area contributed by atoms with Crippen LogP contribution in [0.1, 0.15) is 284 Å². The molecule has 0 aliphatic rings. The SMILES string of the molecule is CCCCCCC/C=C\C/C=C\C/C=C\CCCCCCCCC(=O)OCC(COC(=O)CCCCCCCC)OC(=O)CCCCCCCCCCC/C=C\CCCCCCCC. The van der Waals surface area contributed by atoms with E-state index in [1.165, 1.54) is 167 Å². The first kappa shape index (κ1) is 61.4. The molecule has 0 rings (SSSR count). The van der Waals surface area contributed by atoms with Crippen molar-refractivity contribution in [1.82, 2.24) is 0 Å². The molecule has 0 aromatic rings. The summed E-state index contributed by atoms with van der Waals surface area (Å²) >= 11 is 0. The zero-order chi connectivity index (χ0) is 46.5. The summed E-state index contributed by atoms with van der Waals surface area (Å²) in [7, 11) is 0. The van der Waals surface area contributed by atoms with E-state index < -0.39 is 6.10 Å². The molecule has 0 aliphatic carbocycles. The predicted molar refractivity (Wildman–Crippen MR) is 275 cm³/mol. The van der Waals surface area contributed by atoms with E-state index in [9.17, 15) is 14.4 Å². The van der Waals surface area contributed by atoms with Gasteiger partial charge in [-0.25, -0.2) is 0 Å². The maximum atomic E-state index is 12.8. The van der Waals surface area contributed by atoms with Crippen LogP contribution in [0.25, 0.3) is 0 Å². The summed E-state index contributed by atoms with van der Waals surface area (Å²) in [5, 5.41) is 0. The van der Waals surface area contributed by atoms with E-state index in [1.54, 1.807) is 0 Å². The average molecular weight is 897 g/mol. The van der Waals surface area contributed by atoms with E-state index in [2.05, 4.69) is 69.4 Å². The average Bonchev–Trinajstić information content (AvgIpc) is 3.29. The summed E-state index contributed by atoms with van der Waals surface area (Å²) in [5.74, 6) is -0.893. The molecule has 0 aliphatic heterocycles. The number of carbonyl (C=O) groups excluding carboxylic acids is 3. The fourth-order valence-corrected chi connectivity index (χ4v) is 7.86. The topological polar surface area (TPSA) is 78.9 Å². The number of rotatable bonds is 50. The lowest BCUT2D eigenvalue weighted by Gasteiger charge is -2.18. The Kier molecular flexibility index (Phi) is 50.8. The van der Waals surface area contributed by atoms with Gasteiger partial charge in [0.25, 0.3) is 0 Å². The highest BCUT2D eigenvalue weighted by atomic mass is 16.6. The zero-order valence-electron chi connectivity index (χ0n) is 42.6. The smallest absolute Gasteiger partial charge is 0.306 e. The van der Waals surface area contributed by atoms with Crippen molar-refractivity contribution in [2.45, 2.75) is 290 Å². The molecule has 6 nitrogen and oxygen atoms in total. The Morgan fingerprint density at radius 3 is 0.891 bits per heavy atom. The van der Waals surface area contributed by atoms with Gasteiger partial charge in [0.2, 0.25) is 0 Å². The Bertz CT molecular complexity index is 1120. The first-order valence-electron chi connectivity index (χ1n) is 27.6. The van der Waals surface area contributed by atoms with Crippen molar-refractivity contribution >= 4 is 17.9 Å². The maximum Gasteiger partial charge on any atom is 0.306 e. The van der Waals surface area contributed by atoms with Crippen LogP contribution in [0.15, 0.2) is 48.6 Å². The number of hydrogen-bond acceptors (Lipinski definition) is 6. The van der Waals surface area contributed by atoms with Crippen molar-refractivity contribution in [3.05, 3.63) is 48.6 Å². The monoisotopic (exact) mass is 897 g/mol. The van der Waals surface area contributed by atoms with Crippen LogP contribution in [0.3, 0.4) is 0 Å². The summed E-state index contributed by atoms with van der Waals surface area (Å²) in [6.07, 6.45) is 64.1. The molecule has 0 spiro atoms. The van der Waals surface area contributed by atoms with Gasteiger partial charge in [0.1, 0.15) is 13.2 Å². The second-order valence-electron chi connectivity index (χ2n) is 18.5. The van der Waals surface area contributed by atoms with Crippen LogP contribution in [-0.2, 0) is 28.6 Å². The molecule has 64 heavy (non-hydrogen) atoms. The summed E-state index contributed by atoms with van der Waals surface area (Å²) in [6.45, 7) is 6.57. The number of esters is 3. The number of hydrogen-bond donors (Lipinski definition) is 0. The maximum absolute atomic E-state index is 12.8. The van der Waals surface area contributed by atoms with Crippen LogP contribution in [0.2, 0.25) is 0 Å². The van der Waals surface area contributed by atoms with Crippen LogP contribution >= 0.6 is 0 Å². The lowest BCUT2D eigenvalue weighted by Crippen LogP contribution is -2.30. The number of ether oxygens (including phenoxy) is 3. The molecule has 6 heteroatoms. The Labute approximate surface area is 397 Å². The molecule has 0 saturated heterocycles. The summed E-state index contributed by atoms with van der Waals surface area (Å²) in [6, 6.07) is 0. The molecule has 0 amide bonds. The fourth-order valence-electron chi connectivity index (χ4n) is 7.86. The minimum atomic E-state index is -0.775. The van der Waals surface area contributed by atoms with Gasteiger partial charge in [0.05, 0.1) is 0 Å². The van der Waals surface area contributed by atoms with Crippen molar-refractivity contribution < 1.29 is 28.6 Å². The third-order valence-electron chi connectivity index (χ3n) is 12.1. The van der Waals surface area contributed by atoms with E-state index in [4.69, 9.17) is 14.2 Å². The molecule has 0 fully saturated rings. The van der Waals surface area contributed by atoms with Gasteiger partial charge in [-0.2, -0.15) is 0 Å². The largest absolute Gasteiger partial charge is 0.462 e. The molecular weight excluding hydrogens is 793 g/mol. The Morgan fingerprint density at radius 1 is 0.312 bits per heavy atom. The lowest BCUT2D eigenvalue weighted by molar-refractivity contribution is -0.167. The van der Waals surface area contributed by atoms with Gasteiger partial charge in [-0.1, -0.05) is 230 Å². The van der Waals surface area contributed by atoms with Crippen molar-refractivity contribution in [1.29, 1.82) is 0 Å².